The number of aromatic hydroxyl groups is 1. The number of fused-ring (bicyclic) bond motifs is 1. The number of nitrogens with zero attached hydrogens (tertiary/aromatic N) is 4. The standard InChI is InChI=1S/C28H25ClN6O4S/c1-15-8-10-21(16(2)12-15)31-26(37)24-17(3)30-27-32-28(40-14-19-6-4-5-7-20(19)29)33-34(27)25(24)18-9-11-23(36)22(13-18)35(38)39/h4-13,25,36H,14H2,1-3H3,(H,31,37)(H,30,32,33). The molecule has 1 aromatic heterocycles. The second kappa shape index (κ2) is 11.0. The summed E-state index contributed by atoms with van der Waals surface area (Å²) in [5, 5.41) is 33.6. The molecule has 4 aromatic rings. The lowest BCUT2D eigenvalue weighted by molar-refractivity contribution is -0.385. The monoisotopic (exact) mass is 576 g/mol. The summed E-state index contributed by atoms with van der Waals surface area (Å²) in [5.74, 6) is 0.0248. The number of aromatic nitrogens is 3. The number of phenolic OH excluding ortho intramolecular Hbond substituents is 1. The largest absolute Gasteiger partial charge is 0.502 e. The average Bonchev–Trinajstić information content (AvgIpc) is 3.31. The van der Waals surface area contributed by atoms with E-state index in [4.69, 9.17) is 11.6 Å². The van der Waals surface area contributed by atoms with Gasteiger partial charge in [-0.1, -0.05) is 65.3 Å². The molecule has 1 amide bonds. The summed E-state index contributed by atoms with van der Waals surface area (Å²) in [5.41, 5.74) is 4.27. The number of nitro benzene ring substituents is 1. The fraction of sp³-hybridized carbons (Fsp3) is 0.179. The maximum absolute atomic E-state index is 13.8. The van der Waals surface area contributed by atoms with Gasteiger partial charge in [-0.25, -0.2) is 4.68 Å². The summed E-state index contributed by atoms with van der Waals surface area (Å²) in [6.45, 7) is 5.62. The van der Waals surface area contributed by atoms with E-state index >= 15 is 0 Å². The minimum Gasteiger partial charge on any atom is -0.502 e. The molecule has 0 saturated carbocycles. The molecule has 1 unspecified atom stereocenters. The number of aryl methyl sites for hydroxylation is 2. The van der Waals surface area contributed by atoms with Crippen LogP contribution in [0.25, 0.3) is 0 Å². The summed E-state index contributed by atoms with van der Waals surface area (Å²) in [6.07, 6.45) is 0. The molecule has 1 aliphatic heterocycles. The first kappa shape index (κ1) is 27.2. The van der Waals surface area contributed by atoms with Gasteiger partial charge in [0.2, 0.25) is 11.1 Å². The number of rotatable bonds is 7. The van der Waals surface area contributed by atoms with Crippen molar-refractivity contribution >= 4 is 46.6 Å². The van der Waals surface area contributed by atoms with Gasteiger partial charge in [-0.05, 0) is 55.7 Å². The SMILES string of the molecule is CC1=C(C(=O)Nc2ccc(C)cc2C)C(c2ccc(O)c([N+](=O)[O-])c2)n2nc(SCc3ccccc3Cl)nc2N1. The van der Waals surface area contributed by atoms with E-state index in [0.717, 1.165) is 16.7 Å². The average molecular weight is 577 g/mol. The van der Waals surface area contributed by atoms with Crippen LogP contribution in [0.2, 0.25) is 5.02 Å². The van der Waals surface area contributed by atoms with Crippen LogP contribution in [-0.4, -0.2) is 30.7 Å². The fourth-order valence-corrected chi connectivity index (χ4v) is 5.67. The summed E-state index contributed by atoms with van der Waals surface area (Å²) < 4.78 is 1.54. The zero-order valence-corrected chi connectivity index (χ0v) is 23.4. The highest BCUT2D eigenvalue weighted by molar-refractivity contribution is 7.98. The Bertz CT molecular complexity index is 1690. The second-order valence-electron chi connectivity index (χ2n) is 9.39. The topological polar surface area (TPSA) is 135 Å². The molecule has 0 saturated heterocycles. The van der Waals surface area contributed by atoms with Crippen LogP contribution >= 0.6 is 23.4 Å². The number of halogens is 1. The van der Waals surface area contributed by atoms with Gasteiger partial charge in [0.15, 0.2) is 5.75 Å². The van der Waals surface area contributed by atoms with Crippen molar-refractivity contribution in [1.29, 1.82) is 0 Å². The number of carbonyl (C=O) groups excluding carboxylic acids is 1. The van der Waals surface area contributed by atoms with Crippen LogP contribution in [-0.2, 0) is 10.5 Å². The summed E-state index contributed by atoms with van der Waals surface area (Å²) in [7, 11) is 0. The molecule has 0 spiro atoms. The van der Waals surface area contributed by atoms with Gasteiger partial charge in [-0.2, -0.15) is 4.98 Å². The molecular weight excluding hydrogens is 552 g/mol. The third-order valence-electron chi connectivity index (χ3n) is 6.53. The van der Waals surface area contributed by atoms with E-state index in [1.165, 1.54) is 34.6 Å². The Balaban J connectivity index is 1.55. The second-order valence-corrected chi connectivity index (χ2v) is 10.7. The number of benzene rings is 3. The minimum absolute atomic E-state index is 0.306. The Hall–Kier alpha value is -4.35. The van der Waals surface area contributed by atoms with Crippen LogP contribution in [0.3, 0.4) is 0 Å². The number of nitrogens with one attached hydrogen (secondary N) is 2. The maximum Gasteiger partial charge on any atom is 0.311 e. The predicted molar refractivity (Wildman–Crippen MR) is 155 cm³/mol. The molecule has 0 bridgehead atoms. The number of thioether (sulfide) groups is 1. The van der Waals surface area contributed by atoms with E-state index in [2.05, 4.69) is 20.7 Å². The molecule has 3 N–H and O–H groups in total. The van der Waals surface area contributed by atoms with Gasteiger partial charge < -0.3 is 15.7 Å². The molecule has 5 rings (SSSR count). The van der Waals surface area contributed by atoms with Crippen molar-refractivity contribution in [2.45, 2.75) is 37.7 Å². The first-order chi connectivity index (χ1) is 19.1. The molecular formula is C28H25ClN6O4S. The van der Waals surface area contributed by atoms with Gasteiger partial charge in [-0.15, -0.1) is 5.10 Å². The number of amides is 1. The lowest BCUT2D eigenvalue weighted by Gasteiger charge is -2.28. The molecule has 204 valence electrons. The number of hydrogen-bond acceptors (Lipinski definition) is 8. The van der Waals surface area contributed by atoms with Crippen LogP contribution in [0.1, 0.15) is 35.2 Å². The van der Waals surface area contributed by atoms with Crippen molar-refractivity contribution in [2.24, 2.45) is 0 Å². The van der Waals surface area contributed by atoms with Gasteiger partial charge in [0, 0.05) is 28.2 Å². The van der Waals surface area contributed by atoms with Crippen molar-refractivity contribution in [3.63, 3.8) is 0 Å². The minimum atomic E-state index is -0.858. The zero-order valence-electron chi connectivity index (χ0n) is 21.8. The first-order valence-corrected chi connectivity index (χ1v) is 13.6. The Labute approximate surface area is 239 Å². The third-order valence-corrected chi connectivity index (χ3v) is 7.79. The quantitative estimate of drug-likeness (QED) is 0.131. The number of phenols is 1. The zero-order chi connectivity index (χ0) is 28.6. The number of allylic oxidation sites excluding steroid dienone is 1. The molecule has 0 radical (unpaired) electrons. The van der Waals surface area contributed by atoms with E-state index < -0.39 is 28.3 Å². The summed E-state index contributed by atoms with van der Waals surface area (Å²) in [6, 6.07) is 16.4. The third kappa shape index (κ3) is 5.38. The van der Waals surface area contributed by atoms with Crippen LogP contribution in [0.4, 0.5) is 17.3 Å². The van der Waals surface area contributed by atoms with E-state index in [1.807, 2.05) is 56.3 Å². The van der Waals surface area contributed by atoms with Crippen molar-refractivity contribution in [3.05, 3.63) is 109 Å². The van der Waals surface area contributed by atoms with Crippen LogP contribution in [0.15, 0.2) is 77.1 Å². The number of hydrogen-bond donors (Lipinski definition) is 3. The highest BCUT2D eigenvalue weighted by Crippen LogP contribution is 2.40. The van der Waals surface area contributed by atoms with E-state index in [1.54, 1.807) is 6.92 Å². The van der Waals surface area contributed by atoms with Crippen LogP contribution in [0.5, 0.6) is 5.75 Å². The molecule has 12 heteroatoms. The Kier molecular flexibility index (Phi) is 7.51. The first-order valence-electron chi connectivity index (χ1n) is 12.3. The van der Waals surface area contributed by atoms with Crippen molar-refractivity contribution in [2.75, 3.05) is 10.6 Å². The van der Waals surface area contributed by atoms with Crippen LogP contribution < -0.4 is 10.6 Å². The molecule has 2 heterocycles. The van der Waals surface area contributed by atoms with Crippen molar-refractivity contribution < 1.29 is 14.8 Å². The highest BCUT2D eigenvalue weighted by atomic mass is 35.5. The molecule has 0 fully saturated rings. The van der Waals surface area contributed by atoms with Gasteiger partial charge >= 0.3 is 5.69 Å². The molecule has 10 nitrogen and oxygen atoms in total. The fourth-order valence-electron chi connectivity index (χ4n) is 4.55. The van der Waals surface area contributed by atoms with Gasteiger partial charge in [0.1, 0.15) is 6.04 Å². The van der Waals surface area contributed by atoms with Gasteiger partial charge in [-0.3, -0.25) is 14.9 Å². The normalized spacial score (nSPS) is 14.4. The Morgan fingerprint density at radius 2 is 1.95 bits per heavy atom. The smallest absolute Gasteiger partial charge is 0.311 e. The maximum atomic E-state index is 13.8. The molecule has 1 atom stereocenters. The Morgan fingerprint density at radius 1 is 1.18 bits per heavy atom. The van der Waals surface area contributed by atoms with Crippen molar-refractivity contribution in [3.8, 4) is 5.75 Å². The number of anilines is 2. The van der Waals surface area contributed by atoms with Crippen molar-refractivity contribution in [1.82, 2.24) is 14.8 Å². The number of nitro groups is 1. The molecule has 40 heavy (non-hydrogen) atoms. The molecule has 1 aliphatic rings. The molecule has 0 aliphatic carbocycles. The van der Waals surface area contributed by atoms with E-state index in [0.29, 0.717) is 44.4 Å². The predicted octanol–water partition coefficient (Wildman–Crippen LogP) is 6.38. The Morgan fingerprint density at radius 3 is 2.67 bits per heavy atom. The highest BCUT2D eigenvalue weighted by Gasteiger charge is 2.35. The summed E-state index contributed by atoms with van der Waals surface area (Å²) >= 11 is 7.68. The lowest BCUT2D eigenvalue weighted by Crippen LogP contribution is -2.31. The lowest BCUT2D eigenvalue weighted by atomic mass is 9.94. The van der Waals surface area contributed by atoms with E-state index in [9.17, 15) is 20.0 Å². The number of carbonyl (C=O) groups is 1. The van der Waals surface area contributed by atoms with Gasteiger partial charge in [0.05, 0.1) is 10.5 Å². The van der Waals surface area contributed by atoms with Gasteiger partial charge in [0.25, 0.3) is 5.91 Å². The molecule has 3 aromatic carbocycles. The summed E-state index contributed by atoms with van der Waals surface area (Å²) in [4.78, 5) is 29.4. The van der Waals surface area contributed by atoms with Crippen LogP contribution in [0, 0.1) is 24.0 Å². The van der Waals surface area contributed by atoms with E-state index in [-0.39, 0.29) is 0 Å².